The molecule has 3 heterocycles. The summed E-state index contributed by atoms with van der Waals surface area (Å²) in [6.45, 7) is 0. The first-order valence-corrected chi connectivity index (χ1v) is 8.05. The fraction of sp³-hybridized carbons (Fsp3) is 0.143. The normalized spacial score (nSPS) is 11.5. The van der Waals surface area contributed by atoms with E-state index in [0.717, 1.165) is 30.8 Å². The van der Waals surface area contributed by atoms with Crippen LogP contribution in [0.1, 0.15) is 5.56 Å². The van der Waals surface area contributed by atoms with Crippen molar-refractivity contribution in [2.24, 2.45) is 0 Å². The molecule has 136 valence electrons. The van der Waals surface area contributed by atoms with Crippen molar-refractivity contribution in [2.45, 2.75) is 6.18 Å². The highest BCUT2D eigenvalue weighted by atomic mass is 35.5. The number of alkyl halides is 3. The van der Waals surface area contributed by atoms with E-state index in [9.17, 15) is 17.6 Å². The number of hydrogen-bond donors (Lipinski definition) is 1. The van der Waals surface area contributed by atoms with Gasteiger partial charge in [0.2, 0.25) is 11.7 Å². The zero-order chi connectivity index (χ0) is 18.9. The number of anilines is 2. The topological polar surface area (TPSA) is 72.8 Å². The molecule has 0 saturated carbocycles. The molecule has 12 heteroatoms. The molecule has 0 amide bonds. The summed E-state index contributed by atoms with van der Waals surface area (Å²) >= 11 is 6.60. The van der Waals surface area contributed by atoms with Gasteiger partial charge < -0.3 is 10.1 Å². The summed E-state index contributed by atoms with van der Waals surface area (Å²) < 4.78 is 57.7. The SMILES string of the molecule is COc1ncc(-c2csc(Nc3ncnc(Cl)c3F)n2)cc1C(F)(F)F. The number of ether oxygens (including phenoxy) is 1. The van der Waals surface area contributed by atoms with Gasteiger partial charge in [-0.15, -0.1) is 11.3 Å². The highest BCUT2D eigenvalue weighted by Gasteiger charge is 2.35. The lowest BCUT2D eigenvalue weighted by Gasteiger charge is -2.11. The maximum absolute atomic E-state index is 13.8. The van der Waals surface area contributed by atoms with E-state index in [4.69, 9.17) is 11.6 Å². The molecule has 1 N–H and O–H groups in total. The van der Waals surface area contributed by atoms with Crippen LogP contribution in [0.5, 0.6) is 5.88 Å². The Kier molecular flexibility index (Phi) is 4.92. The van der Waals surface area contributed by atoms with Gasteiger partial charge in [-0.1, -0.05) is 11.6 Å². The smallest absolute Gasteiger partial charge is 0.421 e. The summed E-state index contributed by atoms with van der Waals surface area (Å²) in [6, 6.07) is 0.882. The predicted molar refractivity (Wildman–Crippen MR) is 87.2 cm³/mol. The van der Waals surface area contributed by atoms with Crippen molar-refractivity contribution in [3.8, 4) is 17.1 Å². The maximum Gasteiger partial charge on any atom is 0.421 e. The Morgan fingerprint density at radius 2 is 2.00 bits per heavy atom. The second kappa shape index (κ2) is 7.00. The van der Waals surface area contributed by atoms with Gasteiger partial charge in [0, 0.05) is 17.1 Å². The minimum atomic E-state index is -4.63. The third-order valence-corrected chi connectivity index (χ3v) is 4.14. The van der Waals surface area contributed by atoms with Gasteiger partial charge in [0.15, 0.2) is 16.1 Å². The maximum atomic E-state index is 13.8. The quantitative estimate of drug-likeness (QED) is 0.507. The largest absolute Gasteiger partial charge is 0.481 e. The molecular formula is C14H8ClF4N5OS. The predicted octanol–water partition coefficient (Wildman–Crippen LogP) is 4.56. The molecule has 26 heavy (non-hydrogen) atoms. The highest BCUT2D eigenvalue weighted by Crippen LogP contribution is 2.37. The Hall–Kier alpha value is -2.53. The first-order chi connectivity index (χ1) is 12.3. The van der Waals surface area contributed by atoms with Gasteiger partial charge in [-0.3, -0.25) is 0 Å². The van der Waals surface area contributed by atoms with Crippen LogP contribution in [-0.4, -0.2) is 27.0 Å². The van der Waals surface area contributed by atoms with E-state index in [1.54, 1.807) is 0 Å². The summed E-state index contributed by atoms with van der Waals surface area (Å²) in [5.41, 5.74) is -0.670. The lowest BCUT2D eigenvalue weighted by molar-refractivity contribution is -0.139. The molecule has 0 atom stereocenters. The molecule has 0 radical (unpaired) electrons. The molecule has 0 fully saturated rings. The molecule has 6 nitrogen and oxygen atoms in total. The number of thiazole rings is 1. The van der Waals surface area contributed by atoms with Crippen LogP contribution in [0.25, 0.3) is 11.3 Å². The van der Waals surface area contributed by atoms with Crippen molar-refractivity contribution in [2.75, 3.05) is 12.4 Å². The van der Waals surface area contributed by atoms with Gasteiger partial charge >= 0.3 is 6.18 Å². The van der Waals surface area contributed by atoms with Gasteiger partial charge in [-0.2, -0.15) is 17.6 Å². The van der Waals surface area contributed by atoms with E-state index >= 15 is 0 Å². The van der Waals surface area contributed by atoms with Crippen molar-refractivity contribution in [3.05, 3.63) is 40.5 Å². The zero-order valence-corrected chi connectivity index (χ0v) is 14.4. The monoisotopic (exact) mass is 405 g/mol. The molecule has 0 aliphatic carbocycles. The van der Waals surface area contributed by atoms with Crippen LogP contribution in [-0.2, 0) is 6.18 Å². The van der Waals surface area contributed by atoms with Crippen LogP contribution >= 0.6 is 22.9 Å². The number of pyridine rings is 1. The molecule has 0 saturated heterocycles. The number of aromatic nitrogens is 4. The number of nitrogens with one attached hydrogen (secondary N) is 1. The fourth-order valence-corrected chi connectivity index (χ4v) is 2.81. The number of methoxy groups -OCH3 is 1. The Morgan fingerprint density at radius 1 is 1.23 bits per heavy atom. The number of hydrogen-bond acceptors (Lipinski definition) is 7. The van der Waals surface area contributed by atoms with E-state index in [1.807, 2.05) is 0 Å². The van der Waals surface area contributed by atoms with E-state index in [1.165, 1.54) is 11.6 Å². The lowest BCUT2D eigenvalue weighted by atomic mass is 10.1. The second-order valence-electron chi connectivity index (χ2n) is 4.77. The second-order valence-corrected chi connectivity index (χ2v) is 5.98. The molecule has 0 aromatic carbocycles. The van der Waals surface area contributed by atoms with E-state index < -0.39 is 23.4 Å². The first kappa shape index (κ1) is 18.3. The van der Waals surface area contributed by atoms with Gasteiger partial charge in [0.1, 0.15) is 11.9 Å². The van der Waals surface area contributed by atoms with E-state index in [0.29, 0.717) is 0 Å². The molecular weight excluding hydrogens is 398 g/mol. The Bertz CT molecular complexity index is 949. The van der Waals surface area contributed by atoms with Gasteiger partial charge in [-0.05, 0) is 6.07 Å². The van der Waals surface area contributed by atoms with Crippen LogP contribution < -0.4 is 10.1 Å². The van der Waals surface area contributed by atoms with Crippen LogP contribution in [0.15, 0.2) is 24.0 Å². The van der Waals surface area contributed by atoms with Crippen molar-refractivity contribution in [3.63, 3.8) is 0 Å². The molecule has 0 spiro atoms. The van der Waals surface area contributed by atoms with Gasteiger partial charge in [0.05, 0.1) is 12.8 Å². The van der Waals surface area contributed by atoms with Crippen LogP contribution in [0, 0.1) is 5.82 Å². The minimum absolute atomic E-state index is 0.128. The molecule has 0 unspecified atom stereocenters. The average molecular weight is 406 g/mol. The fourth-order valence-electron chi connectivity index (χ4n) is 1.96. The number of nitrogens with zero attached hydrogens (tertiary/aromatic N) is 4. The van der Waals surface area contributed by atoms with Crippen LogP contribution in [0.4, 0.5) is 28.5 Å². The zero-order valence-electron chi connectivity index (χ0n) is 12.8. The third-order valence-electron chi connectivity index (χ3n) is 3.12. The van der Waals surface area contributed by atoms with Crippen LogP contribution in [0.2, 0.25) is 5.15 Å². The standard InChI is InChI=1S/C14H8ClF4N5OS/c1-25-12-7(14(17,18)19)2-6(3-20-12)8-4-26-13(23-8)24-11-9(16)10(15)21-5-22-11/h2-5H,1H3,(H,21,22,23,24). The summed E-state index contributed by atoms with van der Waals surface area (Å²) in [5.74, 6) is -1.60. The molecule has 0 aliphatic rings. The lowest BCUT2D eigenvalue weighted by Crippen LogP contribution is -2.09. The first-order valence-electron chi connectivity index (χ1n) is 6.79. The van der Waals surface area contributed by atoms with E-state index in [-0.39, 0.29) is 27.4 Å². The summed E-state index contributed by atoms with van der Waals surface area (Å²) in [6.07, 6.45) is -2.37. The van der Waals surface area contributed by atoms with Crippen molar-refractivity contribution in [1.29, 1.82) is 0 Å². The Morgan fingerprint density at radius 3 is 2.69 bits per heavy atom. The Balaban J connectivity index is 1.92. The molecule has 0 bridgehead atoms. The molecule has 3 rings (SSSR count). The number of halogens is 5. The number of rotatable bonds is 4. The van der Waals surface area contributed by atoms with Gasteiger partial charge in [0.25, 0.3) is 0 Å². The van der Waals surface area contributed by atoms with Gasteiger partial charge in [-0.25, -0.2) is 19.9 Å². The summed E-state index contributed by atoms with van der Waals surface area (Å²) in [5, 5.41) is 3.93. The van der Waals surface area contributed by atoms with Crippen LogP contribution in [0.3, 0.4) is 0 Å². The Labute approximate surface area is 152 Å². The summed E-state index contributed by atoms with van der Waals surface area (Å²) in [7, 11) is 1.10. The third kappa shape index (κ3) is 3.68. The average Bonchev–Trinajstić information content (AvgIpc) is 3.06. The minimum Gasteiger partial charge on any atom is -0.481 e. The molecule has 3 aromatic rings. The van der Waals surface area contributed by atoms with E-state index in [2.05, 4.69) is 30.0 Å². The highest BCUT2D eigenvalue weighted by molar-refractivity contribution is 7.14. The van der Waals surface area contributed by atoms with Crippen molar-refractivity contribution < 1.29 is 22.3 Å². The summed E-state index contributed by atoms with van der Waals surface area (Å²) in [4.78, 5) is 14.9. The van der Waals surface area contributed by atoms with Crippen molar-refractivity contribution in [1.82, 2.24) is 19.9 Å². The molecule has 3 aromatic heterocycles. The van der Waals surface area contributed by atoms with Crippen molar-refractivity contribution >= 4 is 33.9 Å². The molecule has 0 aliphatic heterocycles.